The summed E-state index contributed by atoms with van der Waals surface area (Å²) in [7, 11) is 0. The Kier molecular flexibility index (Phi) is 5.79. The third-order valence-electron chi connectivity index (χ3n) is 4.14. The summed E-state index contributed by atoms with van der Waals surface area (Å²) in [6.45, 7) is 0. The Morgan fingerprint density at radius 3 is 2.53 bits per heavy atom. The fraction of sp³-hybridized carbons (Fsp3) is 0.600. The summed E-state index contributed by atoms with van der Waals surface area (Å²) >= 11 is 3.44. The fourth-order valence-electron chi connectivity index (χ4n) is 3.00. The van der Waals surface area contributed by atoms with Crippen LogP contribution in [0.5, 0.6) is 0 Å². The van der Waals surface area contributed by atoms with E-state index >= 15 is 0 Å². The average Bonchev–Trinajstić information content (AvgIpc) is 2.67. The van der Waals surface area contributed by atoms with Crippen LogP contribution in [0.3, 0.4) is 0 Å². The summed E-state index contributed by atoms with van der Waals surface area (Å²) < 4.78 is 13.9. The molecule has 1 unspecified atom stereocenters. The Morgan fingerprint density at radius 1 is 1.26 bits per heavy atom. The van der Waals surface area contributed by atoms with E-state index in [4.69, 9.17) is 5.84 Å². The van der Waals surface area contributed by atoms with Crippen LogP contribution < -0.4 is 11.3 Å². The molecule has 2 nitrogen and oxygen atoms in total. The van der Waals surface area contributed by atoms with Crippen LogP contribution in [0.2, 0.25) is 0 Å². The molecule has 0 saturated heterocycles. The maximum atomic E-state index is 13.1. The highest BCUT2D eigenvalue weighted by Gasteiger charge is 2.22. The van der Waals surface area contributed by atoms with Crippen molar-refractivity contribution in [2.45, 2.75) is 51.0 Å². The van der Waals surface area contributed by atoms with Crippen molar-refractivity contribution in [3.8, 4) is 0 Å². The van der Waals surface area contributed by atoms with Gasteiger partial charge in [-0.05, 0) is 42.9 Å². The SMILES string of the molecule is NNC(Cc1ccc(F)cc1Br)C1CCCCCC1. The number of hydrazine groups is 1. The molecule has 0 heterocycles. The molecule has 19 heavy (non-hydrogen) atoms. The van der Waals surface area contributed by atoms with Gasteiger partial charge in [0.2, 0.25) is 0 Å². The highest BCUT2D eigenvalue weighted by Crippen LogP contribution is 2.28. The van der Waals surface area contributed by atoms with Crippen molar-refractivity contribution in [3.05, 3.63) is 34.1 Å². The zero-order valence-electron chi connectivity index (χ0n) is 11.2. The zero-order valence-corrected chi connectivity index (χ0v) is 12.8. The van der Waals surface area contributed by atoms with Crippen LogP contribution in [0.4, 0.5) is 4.39 Å². The normalized spacial score (nSPS) is 19.1. The van der Waals surface area contributed by atoms with Gasteiger partial charge in [0.15, 0.2) is 0 Å². The number of hydrogen-bond donors (Lipinski definition) is 2. The van der Waals surface area contributed by atoms with Crippen molar-refractivity contribution in [1.29, 1.82) is 0 Å². The van der Waals surface area contributed by atoms with Crippen LogP contribution in [-0.4, -0.2) is 6.04 Å². The van der Waals surface area contributed by atoms with E-state index in [0.717, 1.165) is 16.5 Å². The molecule has 1 saturated carbocycles. The lowest BCUT2D eigenvalue weighted by Gasteiger charge is -2.26. The predicted molar refractivity (Wildman–Crippen MR) is 80.1 cm³/mol. The Bertz CT molecular complexity index is 403. The smallest absolute Gasteiger partial charge is 0.124 e. The van der Waals surface area contributed by atoms with Crippen molar-refractivity contribution >= 4 is 15.9 Å². The second-order valence-electron chi connectivity index (χ2n) is 5.46. The maximum absolute atomic E-state index is 13.1. The first-order valence-corrected chi connectivity index (χ1v) is 7.90. The molecule has 1 aliphatic rings. The van der Waals surface area contributed by atoms with Crippen LogP contribution in [0.1, 0.15) is 44.1 Å². The minimum absolute atomic E-state index is 0.206. The Balaban J connectivity index is 2.04. The fourth-order valence-corrected chi connectivity index (χ4v) is 3.51. The van der Waals surface area contributed by atoms with Gasteiger partial charge in [-0.1, -0.05) is 47.7 Å². The second kappa shape index (κ2) is 7.36. The summed E-state index contributed by atoms with van der Waals surface area (Å²) in [5.41, 5.74) is 4.09. The molecule has 0 spiro atoms. The number of nitrogens with two attached hydrogens (primary N) is 1. The van der Waals surface area contributed by atoms with Crippen LogP contribution >= 0.6 is 15.9 Å². The summed E-state index contributed by atoms with van der Waals surface area (Å²) in [5.74, 6) is 6.17. The molecule has 0 bridgehead atoms. The molecule has 2 rings (SSSR count). The molecule has 4 heteroatoms. The van der Waals surface area contributed by atoms with Gasteiger partial charge in [0.05, 0.1) is 0 Å². The minimum atomic E-state index is -0.206. The molecular weight excluding hydrogens is 307 g/mol. The van der Waals surface area contributed by atoms with E-state index in [1.54, 1.807) is 0 Å². The largest absolute Gasteiger partial charge is 0.271 e. The summed E-state index contributed by atoms with van der Waals surface area (Å²) in [4.78, 5) is 0. The minimum Gasteiger partial charge on any atom is -0.271 e. The summed E-state index contributed by atoms with van der Waals surface area (Å²) in [6, 6.07) is 5.16. The van der Waals surface area contributed by atoms with E-state index in [1.165, 1.54) is 50.7 Å². The van der Waals surface area contributed by atoms with Gasteiger partial charge < -0.3 is 0 Å². The van der Waals surface area contributed by atoms with Crippen molar-refractivity contribution < 1.29 is 4.39 Å². The molecule has 0 radical (unpaired) electrons. The van der Waals surface area contributed by atoms with Crippen LogP contribution in [0, 0.1) is 11.7 Å². The number of nitrogens with one attached hydrogen (secondary N) is 1. The number of benzene rings is 1. The lowest BCUT2D eigenvalue weighted by molar-refractivity contribution is 0.320. The summed E-state index contributed by atoms with van der Waals surface area (Å²) in [5, 5.41) is 0. The Hall–Kier alpha value is -0.450. The van der Waals surface area contributed by atoms with Crippen LogP contribution in [0.25, 0.3) is 0 Å². The first-order chi connectivity index (χ1) is 9.20. The monoisotopic (exact) mass is 328 g/mol. The zero-order chi connectivity index (χ0) is 13.7. The summed E-state index contributed by atoms with van der Waals surface area (Å²) in [6.07, 6.45) is 8.62. The lowest BCUT2D eigenvalue weighted by atomic mass is 9.88. The molecule has 1 aliphatic carbocycles. The van der Waals surface area contributed by atoms with Crippen LogP contribution in [-0.2, 0) is 6.42 Å². The first kappa shape index (κ1) is 14.9. The van der Waals surface area contributed by atoms with E-state index in [-0.39, 0.29) is 11.9 Å². The van der Waals surface area contributed by atoms with Gasteiger partial charge in [-0.3, -0.25) is 11.3 Å². The standard InChI is InChI=1S/C15H22BrFN2/c16-14-10-13(17)8-7-12(14)9-15(19-18)11-5-3-1-2-4-6-11/h7-8,10-11,15,19H,1-6,9,18H2. The van der Waals surface area contributed by atoms with Gasteiger partial charge >= 0.3 is 0 Å². The van der Waals surface area contributed by atoms with E-state index in [9.17, 15) is 4.39 Å². The number of rotatable bonds is 4. The Labute approximate surface area is 123 Å². The molecule has 1 fully saturated rings. The van der Waals surface area contributed by atoms with Gasteiger partial charge in [-0.15, -0.1) is 0 Å². The highest BCUT2D eigenvalue weighted by atomic mass is 79.9. The third-order valence-corrected chi connectivity index (χ3v) is 4.88. The lowest BCUT2D eigenvalue weighted by Crippen LogP contribution is -2.42. The van der Waals surface area contributed by atoms with Crippen molar-refractivity contribution in [2.24, 2.45) is 11.8 Å². The molecule has 0 aromatic heterocycles. The van der Waals surface area contributed by atoms with Gasteiger partial charge in [0.25, 0.3) is 0 Å². The second-order valence-corrected chi connectivity index (χ2v) is 6.32. The average molecular weight is 329 g/mol. The first-order valence-electron chi connectivity index (χ1n) is 7.10. The van der Waals surface area contributed by atoms with Gasteiger partial charge in [0, 0.05) is 10.5 Å². The predicted octanol–water partition coefficient (Wildman–Crippen LogP) is 3.93. The maximum Gasteiger partial charge on any atom is 0.124 e. The topological polar surface area (TPSA) is 38.0 Å². The van der Waals surface area contributed by atoms with Gasteiger partial charge in [-0.2, -0.15) is 0 Å². The van der Waals surface area contributed by atoms with Crippen LogP contribution in [0.15, 0.2) is 22.7 Å². The molecule has 0 amide bonds. The third kappa shape index (κ3) is 4.26. The van der Waals surface area contributed by atoms with Crippen molar-refractivity contribution in [1.82, 2.24) is 5.43 Å². The molecule has 1 aromatic rings. The molecular formula is C15H22BrFN2. The Morgan fingerprint density at radius 2 is 1.95 bits per heavy atom. The quantitative estimate of drug-likeness (QED) is 0.499. The van der Waals surface area contributed by atoms with Gasteiger partial charge in [0.1, 0.15) is 5.82 Å². The van der Waals surface area contributed by atoms with E-state index in [1.807, 2.05) is 6.07 Å². The van der Waals surface area contributed by atoms with E-state index in [2.05, 4.69) is 21.4 Å². The molecule has 1 atom stereocenters. The number of halogens is 2. The van der Waals surface area contributed by atoms with Crippen molar-refractivity contribution in [3.63, 3.8) is 0 Å². The molecule has 0 aliphatic heterocycles. The van der Waals surface area contributed by atoms with E-state index in [0.29, 0.717) is 5.92 Å². The van der Waals surface area contributed by atoms with Gasteiger partial charge in [-0.25, -0.2) is 4.39 Å². The molecule has 106 valence electrons. The highest BCUT2D eigenvalue weighted by molar-refractivity contribution is 9.10. The number of hydrogen-bond acceptors (Lipinski definition) is 2. The molecule has 1 aromatic carbocycles. The molecule has 3 N–H and O–H groups in total. The van der Waals surface area contributed by atoms with E-state index < -0.39 is 0 Å². The van der Waals surface area contributed by atoms with Crippen molar-refractivity contribution in [2.75, 3.05) is 0 Å².